The average molecular weight is 298 g/mol. The van der Waals surface area contributed by atoms with Crippen LogP contribution in [0.4, 0.5) is 0 Å². The summed E-state index contributed by atoms with van der Waals surface area (Å²) < 4.78 is 5.07. The third kappa shape index (κ3) is 3.38. The molecule has 3 nitrogen and oxygen atoms in total. The summed E-state index contributed by atoms with van der Waals surface area (Å²) in [5, 5.41) is 11.2. The number of halogens is 2. The number of aromatic nitrogens is 1. The lowest BCUT2D eigenvalue weighted by molar-refractivity contribution is 0.178. The van der Waals surface area contributed by atoms with Gasteiger partial charge in [0.25, 0.3) is 0 Å². The van der Waals surface area contributed by atoms with Crippen molar-refractivity contribution in [3.05, 3.63) is 57.8 Å². The van der Waals surface area contributed by atoms with Crippen LogP contribution in [0.5, 0.6) is 5.75 Å². The van der Waals surface area contributed by atoms with Crippen LogP contribution < -0.4 is 4.74 Å². The highest BCUT2D eigenvalue weighted by Gasteiger charge is 2.12. The van der Waals surface area contributed by atoms with Crippen molar-refractivity contribution in [2.24, 2.45) is 0 Å². The molecule has 100 valence electrons. The lowest BCUT2D eigenvalue weighted by Crippen LogP contribution is -2.03. The van der Waals surface area contributed by atoms with E-state index in [-0.39, 0.29) is 0 Å². The van der Waals surface area contributed by atoms with Crippen LogP contribution in [0.2, 0.25) is 10.0 Å². The molecule has 0 aliphatic carbocycles. The number of aliphatic hydroxyl groups excluding tert-OH is 1. The van der Waals surface area contributed by atoms with E-state index in [1.807, 2.05) is 0 Å². The molecule has 0 aliphatic rings. The Balaban J connectivity index is 2.18. The van der Waals surface area contributed by atoms with E-state index in [0.29, 0.717) is 22.2 Å². The van der Waals surface area contributed by atoms with Gasteiger partial charge in [-0.25, -0.2) is 0 Å². The zero-order chi connectivity index (χ0) is 13.8. The van der Waals surface area contributed by atoms with E-state index >= 15 is 0 Å². The number of ether oxygens (including phenoxy) is 1. The van der Waals surface area contributed by atoms with E-state index < -0.39 is 6.10 Å². The van der Waals surface area contributed by atoms with Gasteiger partial charge in [0.2, 0.25) is 0 Å². The fraction of sp³-hybridized carbons (Fsp3) is 0.214. The van der Waals surface area contributed by atoms with Gasteiger partial charge in [0, 0.05) is 18.8 Å². The Hall–Kier alpha value is -1.29. The summed E-state index contributed by atoms with van der Waals surface area (Å²) in [4.78, 5) is 3.91. The van der Waals surface area contributed by atoms with Crippen LogP contribution in [0.15, 0.2) is 36.7 Å². The Bertz CT molecular complexity index is 575. The molecule has 0 spiro atoms. The summed E-state index contributed by atoms with van der Waals surface area (Å²) in [6.07, 6.45) is 2.94. The van der Waals surface area contributed by atoms with Crippen molar-refractivity contribution in [2.45, 2.75) is 12.5 Å². The van der Waals surface area contributed by atoms with Crippen molar-refractivity contribution in [2.75, 3.05) is 7.11 Å². The van der Waals surface area contributed by atoms with E-state index in [0.717, 1.165) is 11.1 Å². The maximum atomic E-state index is 10.2. The Kier molecular flexibility index (Phi) is 4.64. The molecule has 0 saturated carbocycles. The molecule has 1 N–H and O–H groups in total. The lowest BCUT2D eigenvalue weighted by Gasteiger charge is -2.13. The number of rotatable bonds is 4. The molecule has 5 heteroatoms. The number of methoxy groups -OCH3 is 1. The third-order valence-corrected chi connectivity index (χ3v) is 3.47. The number of hydrogen-bond donors (Lipinski definition) is 1. The maximum absolute atomic E-state index is 10.2. The second-order valence-electron chi connectivity index (χ2n) is 4.08. The van der Waals surface area contributed by atoms with Crippen molar-refractivity contribution >= 4 is 23.2 Å². The van der Waals surface area contributed by atoms with Crippen LogP contribution in [-0.4, -0.2) is 17.2 Å². The molecule has 0 bridgehead atoms. The molecule has 1 aromatic carbocycles. The summed E-state index contributed by atoms with van der Waals surface area (Å²) in [5.74, 6) is 0.583. The number of pyridine rings is 1. The van der Waals surface area contributed by atoms with Crippen LogP contribution in [0.3, 0.4) is 0 Å². The van der Waals surface area contributed by atoms with Crippen LogP contribution in [0, 0.1) is 0 Å². The Morgan fingerprint density at radius 1 is 1.26 bits per heavy atom. The van der Waals surface area contributed by atoms with Gasteiger partial charge in [-0.3, -0.25) is 4.98 Å². The Labute approximate surface area is 121 Å². The van der Waals surface area contributed by atoms with Crippen LogP contribution in [0.25, 0.3) is 0 Å². The van der Waals surface area contributed by atoms with Gasteiger partial charge in [-0.1, -0.05) is 29.3 Å². The smallest absolute Gasteiger partial charge is 0.137 e. The van der Waals surface area contributed by atoms with E-state index in [4.69, 9.17) is 27.9 Å². The molecule has 1 atom stereocenters. The Morgan fingerprint density at radius 3 is 2.68 bits per heavy atom. The molecule has 0 aliphatic heterocycles. The van der Waals surface area contributed by atoms with Crippen LogP contribution in [-0.2, 0) is 6.42 Å². The first-order valence-corrected chi connectivity index (χ1v) is 6.47. The number of hydrogen-bond acceptors (Lipinski definition) is 3. The standard InChI is InChI=1S/C14H13Cl2NO2/c1-19-14-3-2-10(6-11(14)15)13(18)7-9-4-5-17-8-12(9)16/h2-6,8,13,18H,7H2,1H3. The van der Waals surface area contributed by atoms with Gasteiger partial charge >= 0.3 is 0 Å². The highest BCUT2D eigenvalue weighted by atomic mass is 35.5. The first-order chi connectivity index (χ1) is 9.11. The third-order valence-electron chi connectivity index (χ3n) is 2.83. The normalized spacial score (nSPS) is 12.2. The summed E-state index contributed by atoms with van der Waals surface area (Å²) in [5.41, 5.74) is 1.56. The highest BCUT2D eigenvalue weighted by molar-refractivity contribution is 6.32. The molecule has 1 aromatic heterocycles. The molecule has 0 fully saturated rings. The van der Waals surface area contributed by atoms with Crippen molar-refractivity contribution in [3.8, 4) is 5.75 Å². The Morgan fingerprint density at radius 2 is 2.05 bits per heavy atom. The summed E-state index contributed by atoms with van der Waals surface area (Å²) in [6, 6.07) is 7.00. The van der Waals surface area contributed by atoms with E-state index in [9.17, 15) is 5.11 Å². The quantitative estimate of drug-likeness (QED) is 0.936. The minimum Gasteiger partial charge on any atom is -0.495 e. The highest BCUT2D eigenvalue weighted by Crippen LogP contribution is 2.29. The van der Waals surface area contributed by atoms with Gasteiger partial charge in [-0.05, 0) is 29.3 Å². The van der Waals surface area contributed by atoms with Crippen molar-refractivity contribution < 1.29 is 9.84 Å². The van der Waals surface area contributed by atoms with E-state index in [1.165, 1.54) is 0 Å². The molecule has 19 heavy (non-hydrogen) atoms. The van der Waals surface area contributed by atoms with Gasteiger partial charge in [-0.15, -0.1) is 0 Å². The van der Waals surface area contributed by atoms with Gasteiger partial charge in [-0.2, -0.15) is 0 Å². The van der Waals surface area contributed by atoms with Crippen molar-refractivity contribution in [3.63, 3.8) is 0 Å². The van der Waals surface area contributed by atoms with Crippen LogP contribution in [0.1, 0.15) is 17.2 Å². The summed E-state index contributed by atoms with van der Waals surface area (Å²) in [6.45, 7) is 0. The molecule has 1 heterocycles. The minimum absolute atomic E-state index is 0.407. The van der Waals surface area contributed by atoms with Crippen LogP contribution >= 0.6 is 23.2 Å². The molecular weight excluding hydrogens is 285 g/mol. The maximum Gasteiger partial charge on any atom is 0.137 e. The monoisotopic (exact) mass is 297 g/mol. The van der Waals surface area contributed by atoms with Crippen molar-refractivity contribution in [1.29, 1.82) is 0 Å². The lowest BCUT2D eigenvalue weighted by atomic mass is 10.0. The molecule has 1 unspecified atom stereocenters. The van der Waals surface area contributed by atoms with E-state index in [1.54, 1.807) is 43.8 Å². The molecule has 0 saturated heterocycles. The van der Waals surface area contributed by atoms with E-state index in [2.05, 4.69) is 4.98 Å². The second-order valence-corrected chi connectivity index (χ2v) is 4.90. The molecule has 2 aromatic rings. The van der Waals surface area contributed by atoms with Gasteiger partial charge in [0.15, 0.2) is 0 Å². The predicted octanol–water partition coefficient (Wildman–Crippen LogP) is 3.67. The fourth-order valence-corrected chi connectivity index (χ4v) is 2.25. The first kappa shape index (κ1) is 14.1. The number of aliphatic hydroxyl groups is 1. The zero-order valence-electron chi connectivity index (χ0n) is 10.3. The topological polar surface area (TPSA) is 42.4 Å². The van der Waals surface area contributed by atoms with Crippen molar-refractivity contribution in [1.82, 2.24) is 4.98 Å². The first-order valence-electron chi connectivity index (χ1n) is 5.71. The number of benzene rings is 1. The molecule has 0 amide bonds. The SMILES string of the molecule is COc1ccc(C(O)Cc2ccncc2Cl)cc1Cl. The molecular formula is C14H13Cl2NO2. The molecule has 0 radical (unpaired) electrons. The average Bonchev–Trinajstić information content (AvgIpc) is 2.41. The minimum atomic E-state index is -0.677. The summed E-state index contributed by atoms with van der Waals surface area (Å²) in [7, 11) is 1.55. The summed E-state index contributed by atoms with van der Waals surface area (Å²) >= 11 is 12.1. The zero-order valence-corrected chi connectivity index (χ0v) is 11.8. The second kappa shape index (κ2) is 6.24. The molecule has 2 rings (SSSR count). The van der Waals surface area contributed by atoms with Gasteiger partial charge in [0.1, 0.15) is 5.75 Å². The van der Waals surface area contributed by atoms with Gasteiger partial charge < -0.3 is 9.84 Å². The largest absolute Gasteiger partial charge is 0.495 e. The predicted molar refractivity (Wildman–Crippen MR) is 75.9 cm³/mol. The fourth-order valence-electron chi connectivity index (χ4n) is 1.79. The van der Waals surface area contributed by atoms with Gasteiger partial charge in [0.05, 0.1) is 23.3 Å². The number of nitrogens with zero attached hydrogens (tertiary/aromatic N) is 1.